The van der Waals surface area contributed by atoms with Crippen LogP contribution in [0, 0.1) is 6.92 Å². The maximum Gasteiger partial charge on any atom is 0.264 e. The van der Waals surface area contributed by atoms with Crippen LogP contribution in [-0.4, -0.2) is 43.3 Å². The first-order valence-electron chi connectivity index (χ1n) is 8.48. The Bertz CT molecular complexity index is 649. The standard InChI is InChI=1S/C17H27NO3S2/c1-4-6-9-18(15-8-10-23(20,21)12-15)17(19)16-11-14(7-5-2)13(3)22-16/h11,15H,4-10,12H2,1-3H3. The lowest BCUT2D eigenvalue weighted by atomic mass is 10.1. The first-order chi connectivity index (χ1) is 10.9. The van der Waals surface area contributed by atoms with Gasteiger partial charge in [0.25, 0.3) is 5.91 Å². The van der Waals surface area contributed by atoms with Crippen molar-refractivity contribution in [2.75, 3.05) is 18.1 Å². The van der Waals surface area contributed by atoms with Crippen LogP contribution in [0.2, 0.25) is 0 Å². The second kappa shape index (κ2) is 7.79. The van der Waals surface area contributed by atoms with Gasteiger partial charge in [-0.15, -0.1) is 11.3 Å². The molecule has 1 unspecified atom stereocenters. The van der Waals surface area contributed by atoms with Gasteiger partial charge in [-0.25, -0.2) is 8.42 Å². The van der Waals surface area contributed by atoms with Crippen LogP contribution in [0.25, 0.3) is 0 Å². The van der Waals surface area contributed by atoms with Crippen molar-refractivity contribution >= 4 is 27.1 Å². The second-order valence-electron chi connectivity index (χ2n) is 6.35. The molecule has 1 aliphatic heterocycles. The SMILES string of the molecule is CCCCN(C(=O)c1cc(CCC)c(C)s1)C1CCS(=O)(=O)C1. The number of amides is 1. The van der Waals surface area contributed by atoms with Crippen LogP contribution in [-0.2, 0) is 16.3 Å². The van der Waals surface area contributed by atoms with E-state index in [1.54, 1.807) is 11.3 Å². The summed E-state index contributed by atoms with van der Waals surface area (Å²) in [7, 11) is -2.98. The molecule has 0 bridgehead atoms. The lowest BCUT2D eigenvalue weighted by Gasteiger charge is -2.27. The van der Waals surface area contributed by atoms with Gasteiger partial charge in [0.15, 0.2) is 9.84 Å². The summed E-state index contributed by atoms with van der Waals surface area (Å²) in [5, 5.41) is 0. The van der Waals surface area contributed by atoms with E-state index in [2.05, 4.69) is 20.8 Å². The highest BCUT2D eigenvalue weighted by atomic mass is 32.2. The molecule has 1 atom stereocenters. The Kier molecular flexibility index (Phi) is 6.26. The Morgan fingerprint density at radius 3 is 2.65 bits per heavy atom. The number of nitrogens with zero attached hydrogens (tertiary/aromatic N) is 1. The van der Waals surface area contributed by atoms with Gasteiger partial charge in [0.05, 0.1) is 16.4 Å². The molecule has 1 fully saturated rings. The molecule has 2 rings (SSSR count). The third kappa shape index (κ3) is 4.57. The van der Waals surface area contributed by atoms with Gasteiger partial charge in [0, 0.05) is 17.5 Å². The summed E-state index contributed by atoms with van der Waals surface area (Å²) >= 11 is 1.54. The molecule has 0 aromatic carbocycles. The zero-order valence-corrected chi connectivity index (χ0v) is 15.9. The van der Waals surface area contributed by atoms with Gasteiger partial charge in [-0.3, -0.25) is 4.79 Å². The van der Waals surface area contributed by atoms with Crippen LogP contribution in [0.15, 0.2) is 6.07 Å². The average Bonchev–Trinajstić information content (AvgIpc) is 3.03. The zero-order chi connectivity index (χ0) is 17.0. The van der Waals surface area contributed by atoms with Crippen LogP contribution in [0.3, 0.4) is 0 Å². The van der Waals surface area contributed by atoms with Crippen molar-refractivity contribution in [1.82, 2.24) is 4.90 Å². The first kappa shape index (κ1) is 18.5. The fourth-order valence-corrected chi connectivity index (χ4v) is 5.84. The number of thiophene rings is 1. The van der Waals surface area contributed by atoms with Crippen molar-refractivity contribution in [3.05, 3.63) is 21.4 Å². The molecule has 1 saturated heterocycles. The number of hydrogen-bond donors (Lipinski definition) is 0. The van der Waals surface area contributed by atoms with E-state index in [-0.39, 0.29) is 23.5 Å². The molecule has 0 saturated carbocycles. The average molecular weight is 358 g/mol. The van der Waals surface area contributed by atoms with Gasteiger partial charge in [-0.1, -0.05) is 26.7 Å². The van der Waals surface area contributed by atoms with Gasteiger partial charge in [0.2, 0.25) is 0 Å². The number of unbranched alkanes of at least 4 members (excludes halogenated alkanes) is 1. The van der Waals surface area contributed by atoms with Crippen molar-refractivity contribution in [2.24, 2.45) is 0 Å². The van der Waals surface area contributed by atoms with Crippen LogP contribution in [0.4, 0.5) is 0 Å². The van der Waals surface area contributed by atoms with Crippen molar-refractivity contribution in [3.63, 3.8) is 0 Å². The zero-order valence-electron chi connectivity index (χ0n) is 14.3. The molecule has 6 heteroatoms. The summed E-state index contributed by atoms with van der Waals surface area (Å²) in [6.45, 7) is 6.93. The first-order valence-corrected chi connectivity index (χ1v) is 11.1. The Morgan fingerprint density at radius 1 is 1.35 bits per heavy atom. The van der Waals surface area contributed by atoms with E-state index >= 15 is 0 Å². The topological polar surface area (TPSA) is 54.5 Å². The van der Waals surface area contributed by atoms with Crippen molar-refractivity contribution in [3.8, 4) is 0 Å². The quantitative estimate of drug-likeness (QED) is 0.751. The normalized spacial score (nSPS) is 19.9. The summed E-state index contributed by atoms with van der Waals surface area (Å²) in [6, 6.07) is 1.85. The van der Waals surface area contributed by atoms with Crippen molar-refractivity contribution < 1.29 is 13.2 Å². The minimum Gasteiger partial charge on any atom is -0.334 e. The van der Waals surface area contributed by atoms with Crippen LogP contribution in [0.1, 0.15) is 59.6 Å². The maximum atomic E-state index is 13.0. The number of carbonyl (C=O) groups is 1. The molecule has 1 aliphatic rings. The fraction of sp³-hybridized carbons (Fsp3) is 0.706. The van der Waals surface area contributed by atoms with Crippen LogP contribution < -0.4 is 0 Å². The summed E-state index contributed by atoms with van der Waals surface area (Å²) in [5.74, 6) is 0.336. The Morgan fingerprint density at radius 2 is 2.09 bits per heavy atom. The summed E-state index contributed by atoms with van der Waals surface area (Å²) in [5.41, 5.74) is 1.25. The van der Waals surface area contributed by atoms with Gasteiger partial charge < -0.3 is 4.90 Å². The summed E-state index contributed by atoms with van der Waals surface area (Å²) < 4.78 is 23.6. The number of hydrogen-bond acceptors (Lipinski definition) is 4. The molecule has 2 heterocycles. The lowest BCUT2D eigenvalue weighted by molar-refractivity contribution is 0.0699. The predicted molar refractivity (Wildman–Crippen MR) is 96.1 cm³/mol. The molecular formula is C17H27NO3S2. The number of aryl methyl sites for hydroxylation is 2. The van der Waals surface area contributed by atoms with E-state index in [0.717, 1.165) is 30.6 Å². The van der Waals surface area contributed by atoms with E-state index in [4.69, 9.17) is 0 Å². The highest BCUT2D eigenvalue weighted by Gasteiger charge is 2.35. The third-order valence-electron chi connectivity index (χ3n) is 4.41. The van der Waals surface area contributed by atoms with Crippen molar-refractivity contribution in [2.45, 2.75) is 58.9 Å². The molecule has 130 valence electrons. The number of rotatable bonds is 7. The smallest absolute Gasteiger partial charge is 0.264 e. The highest BCUT2D eigenvalue weighted by molar-refractivity contribution is 7.91. The van der Waals surface area contributed by atoms with Gasteiger partial charge in [-0.2, -0.15) is 0 Å². The molecule has 0 spiro atoms. The number of sulfone groups is 1. The van der Waals surface area contributed by atoms with Gasteiger partial charge in [0.1, 0.15) is 0 Å². The van der Waals surface area contributed by atoms with E-state index in [1.165, 1.54) is 10.4 Å². The Hall–Kier alpha value is -0.880. The lowest BCUT2D eigenvalue weighted by Crippen LogP contribution is -2.41. The highest BCUT2D eigenvalue weighted by Crippen LogP contribution is 2.27. The molecule has 1 aromatic rings. The van der Waals surface area contributed by atoms with E-state index in [9.17, 15) is 13.2 Å². The Balaban J connectivity index is 2.21. The minimum atomic E-state index is -2.98. The van der Waals surface area contributed by atoms with Crippen LogP contribution >= 0.6 is 11.3 Å². The minimum absolute atomic E-state index is 0.0102. The molecule has 23 heavy (non-hydrogen) atoms. The summed E-state index contributed by atoms with van der Waals surface area (Å²) in [6.07, 6.45) is 4.53. The molecule has 1 aromatic heterocycles. The predicted octanol–water partition coefficient (Wildman–Crippen LogP) is 3.44. The van der Waals surface area contributed by atoms with E-state index in [0.29, 0.717) is 13.0 Å². The monoisotopic (exact) mass is 357 g/mol. The molecular weight excluding hydrogens is 330 g/mol. The van der Waals surface area contributed by atoms with E-state index < -0.39 is 9.84 Å². The number of carbonyl (C=O) groups excluding carboxylic acids is 1. The fourth-order valence-electron chi connectivity index (χ4n) is 3.08. The molecule has 1 amide bonds. The van der Waals surface area contributed by atoms with E-state index in [1.807, 2.05) is 11.0 Å². The maximum absolute atomic E-state index is 13.0. The van der Waals surface area contributed by atoms with Gasteiger partial charge in [-0.05, 0) is 37.8 Å². The largest absolute Gasteiger partial charge is 0.334 e. The molecule has 0 N–H and O–H groups in total. The molecule has 0 aliphatic carbocycles. The van der Waals surface area contributed by atoms with Crippen LogP contribution in [0.5, 0.6) is 0 Å². The van der Waals surface area contributed by atoms with Gasteiger partial charge >= 0.3 is 0 Å². The molecule has 0 radical (unpaired) electrons. The molecule has 4 nitrogen and oxygen atoms in total. The second-order valence-corrected chi connectivity index (χ2v) is 9.84. The van der Waals surface area contributed by atoms with Crippen molar-refractivity contribution in [1.29, 1.82) is 0 Å². The third-order valence-corrected chi connectivity index (χ3v) is 7.24. The Labute approximate surface area is 143 Å². The summed E-state index contributed by atoms with van der Waals surface area (Å²) in [4.78, 5) is 16.7.